The van der Waals surface area contributed by atoms with E-state index in [1.165, 1.54) is 0 Å². The largest absolute Gasteiger partial charge is 0.371 e. The first kappa shape index (κ1) is 13.5. The van der Waals surface area contributed by atoms with E-state index in [1.54, 1.807) is 7.11 Å². The minimum absolute atomic E-state index is 0.278. The van der Waals surface area contributed by atoms with E-state index in [4.69, 9.17) is 16.3 Å². The molecule has 16 heavy (non-hydrogen) atoms. The lowest BCUT2D eigenvalue weighted by atomic mass is 10.0. The molecule has 4 nitrogen and oxygen atoms in total. The van der Waals surface area contributed by atoms with E-state index in [0.29, 0.717) is 5.88 Å². The van der Waals surface area contributed by atoms with E-state index in [1.807, 2.05) is 6.92 Å². The third kappa shape index (κ3) is 2.23. The molecule has 0 N–H and O–H groups in total. The summed E-state index contributed by atoms with van der Waals surface area (Å²) in [5.41, 5.74) is -0.401. The molecule has 1 atom stereocenters. The monoisotopic (exact) mass is 245 g/mol. The predicted molar refractivity (Wildman–Crippen MR) is 64.6 cm³/mol. The second-order valence-electron chi connectivity index (χ2n) is 4.33. The molecule has 1 rings (SSSR count). The van der Waals surface area contributed by atoms with Gasteiger partial charge in [-0.3, -0.25) is 0 Å². The van der Waals surface area contributed by atoms with Crippen LogP contribution in [-0.2, 0) is 16.2 Å². The molecule has 92 valence electrons. The van der Waals surface area contributed by atoms with Gasteiger partial charge in [0, 0.05) is 13.2 Å². The van der Waals surface area contributed by atoms with Gasteiger partial charge in [-0.2, -0.15) is 0 Å². The van der Waals surface area contributed by atoms with Crippen molar-refractivity contribution in [3.63, 3.8) is 0 Å². The summed E-state index contributed by atoms with van der Waals surface area (Å²) in [4.78, 5) is 0. The van der Waals surface area contributed by atoms with Crippen molar-refractivity contribution in [1.82, 2.24) is 14.8 Å². The van der Waals surface area contributed by atoms with Crippen molar-refractivity contribution >= 4 is 11.6 Å². The fraction of sp³-hybridized carbons (Fsp3) is 0.818. The molecule has 0 bridgehead atoms. The lowest BCUT2D eigenvalue weighted by molar-refractivity contribution is -0.0129. The number of aromatic nitrogens is 3. The Balaban J connectivity index is 3.28. The highest BCUT2D eigenvalue weighted by molar-refractivity contribution is 6.16. The molecule has 0 saturated carbocycles. The van der Waals surface area contributed by atoms with Crippen molar-refractivity contribution < 1.29 is 4.74 Å². The maximum absolute atomic E-state index is 5.86. The van der Waals surface area contributed by atoms with E-state index in [0.717, 1.165) is 18.1 Å². The highest BCUT2D eigenvalue weighted by Gasteiger charge is 2.32. The topological polar surface area (TPSA) is 39.9 Å². The number of halogens is 1. The number of hydrogen-bond acceptors (Lipinski definition) is 3. The number of ether oxygens (including phenoxy) is 1. The van der Waals surface area contributed by atoms with Crippen molar-refractivity contribution in [3.05, 3.63) is 11.6 Å². The summed E-state index contributed by atoms with van der Waals surface area (Å²) in [6.45, 7) is 8.28. The molecule has 0 saturated heterocycles. The molecule has 1 aromatic rings. The number of methoxy groups -OCH3 is 1. The van der Waals surface area contributed by atoms with Gasteiger partial charge >= 0.3 is 0 Å². The standard InChI is InChI=1S/C11H20ClN3O/c1-6-11(4,16-5)10-14-13-9(7-12)15(10)8(2)3/h8H,6-7H2,1-5H3. The van der Waals surface area contributed by atoms with Gasteiger partial charge in [0.25, 0.3) is 0 Å². The summed E-state index contributed by atoms with van der Waals surface area (Å²) in [5.74, 6) is 2.01. The third-order valence-corrected chi connectivity index (χ3v) is 3.24. The summed E-state index contributed by atoms with van der Waals surface area (Å²) in [5, 5.41) is 8.34. The van der Waals surface area contributed by atoms with Crippen LogP contribution in [0.25, 0.3) is 0 Å². The van der Waals surface area contributed by atoms with Crippen LogP contribution < -0.4 is 0 Å². The number of alkyl halides is 1. The van der Waals surface area contributed by atoms with Crippen LogP contribution in [0.5, 0.6) is 0 Å². The summed E-state index contributed by atoms with van der Waals surface area (Å²) in [7, 11) is 1.70. The van der Waals surface area contributed by atoms with Gasteiger partial charge in [-0.1, -0.05) is 6.92 Å². The van der Waals surface area contributed by atoms with Gasteiger partial charge in [0.1, 0.15) is 11.4 Å². The summed E-state index contributed by atoms with van der Waals surface area (Å²) < 4.78 is 7.61. The average molecular weight is 246 g/mol. The molecule has 0 fully saturated rings. The number of rotatable bonds is 5. The summed E-state index contributed by atoms with van der Waals surface area (Å²) in [6, 6.07) is 0.278. The van der Waals surface area contributed by atoms with Gasteiger partial charge in [-0.25, -0.2) is 0 Å². The Morgan fingerprint density at radius 3 is 2.44 bits per heavy atom. The first-order valence-electron chi connectivity index (χ1n) is 5.55. The van der Waals surface area contributed by atoms with Crippen LogP contribution in [0, 0.1) is 0 Å². The van der Waals surface area contributed by atoms with Crippen molar-refractivity contribution in [1.29, 1.82) is 0 Å². The lowest BCUT2D eigenvalue weighted by Crippen LogP contribution is -2.29. The Bertz CT molecular complexity index is 345. The molecule has 1 heterocycles. The second-order valence-corrected chi connectivity index (χ2v) is 4.59. The molecule has 0 radical (unpaired) electrons. The maximum atomic E-state index is 5.86. The van der Waals surface area contributed by atoms with Crippen LogP contribution in [0.4, 0.5) is 0 Å². The third-order valence-electron chi connectivity index (χ3n) is 3.00. The summed E-state index contributed by atoms with van der Waals surface area (Å²) >= 11 is 5.86. The fourth-order valence-electron chi connectivity index (χ4n) is 1.71. The Labute approximate surface area is 102 Å². The predicted octanol–water partition coefficient (Wildman–Crippen LogP) is 2.87. The van der Waals surface area contributed by atoms with E-state index in [2.05, 4.69) is 35.5 Å². The summed E-state index contributed by atoms with van der Waals surface area (Å²) in [6.07, 6.45) is 0.844. The van der Waals surface area contributed by atoms with Crippen LogP contribution in [0.2, 0.25) is 0 Å². The van der Waals surface area contributed by atoms with Crippen molar-refractivity contribution in [2.45, 2.75) is 51.6 Å². The van der Waals surface area contributed by atoms with Crippen LogP contribution in [0.15, 0.2) is 0 Å². The zero-order valence-corrected chi connectivity index (χ0v) is 11.4. The minimum Gasteiger partial charge on any atom is -0.371 e. The first-order chi connectivity index (χ1) is 7.50. The van der Waals surface area contributed by atoms with Gasteiger partial charge in [0.2, 0.25) is 0 Å². The van der Waals surface area contributed by atoms with Crippen molar-refractivity contribution in [3.8, 4) is 0 Å². The van der Waals surface area contributed by atoms with Crippen LogP contribution >= 0.6 is 11.6 Å². The fourth-order valence-corrected chi connectivity index (χ4v) is 1.89. The molecule has 0 amide bonds. The molecule has 0 aliphatic carbocycles. The van der Waals surface area contributed by atoms with Crippen LogP contribution in [0.3, 0.4) is 0 Å². The Morgan fingerprint density at radius 2 is 2.06 bits per heavy atom. The number of nitrogens with zero attached hydrogens (tertiary/aromatic N) is 3. The van der Waals surface area contributed by atoms with Gasteiger partial charge in [0.05, 0.1) is 5.88 Å². The van der Waals surface area contributed by atoms with Crippen molar-refractivity contribution in [2.24, 2.45) is 0 Å². The van der Waals surface area contributed by atoms with Crippen molar-refractivity contribution in [2.75, 3.05) is 7.11 Å². The second kappa shape index (κ2) is 5.15. The van der Waals surface area contributed by atoms with Gasteiger partial charge in [-0.15, -0.1) is 21.8 Å². The van der Waals surface area contributed by atoms with Gasteiger partial charge < -0.3 is 9.30 Å². The van der Waals surface area contributed by atoms with Crippen LogP contribution in [0.1, 0.15) is 51.8 Å². The molecular weight excluding hydrogens is 226 g/mol. The SMILES string of the molecule is CCC(C)(OC)c1nnc(CCl)n1C(C)C. The minimum atomic E-state index is -0.401. The average Bonchev–Trinajstić information content (AvgIpc) is 2.72. The molecule has 0 aliphatic heterocycles. The zero-order valence-electron chi connectivity index (χ0n) is 10.6. The quantitative estimate of drug-likeness (QED) is 0.749. The normalized spacial score (nSPS) is 15.4. The zero-order chi connectivity index (χ0) is 12.3. The molecule has 1 unspecified atom stereocenters. The smallest absolute Gasteiger partial charge is 0.165 e. The molecule has 0 aliphatic rings. The van der Waals surface area contributed by atoms with E-state index in [9.17, 15) is 0 Å². The molecule has 5 heteroatoms. The van der Waals surface area contributed by atoms with E-state index in [-0.39, 0.29) is 6.04 Å². The number of hydrogen-bond donors (Lipinski definition) is 0. The van der Waals surface area contributed by atoms with Gasteiger partial charge in [-0.05, 0) is 27.2 Å². The molecule has 0 aromatic carbocycles. The molecule has 1 aromatic heterocycles. The van der Waals surface area contributed by atoms with E-state index >= 15 is 0 Å². The Kier molecular flexibility index (Phi) is 4.33. The maximum Gasteiger partial charge on any atom is 0.165 e. The Hall–Kier alpha value is -0.610. The van der Waals surface area contributed by atoms with Gasteiger partial charge in [0.15, 0.2) is 5.82 Å². The molecule has 0 spiro atoms. The molecular formula is C11H20ClN3O. The Morgan fingerprint density at radius 1 is 1.44 bits per heavy atom. The highest BCUT2D eigenvalue weighted by Crippen LogP contribution is 2.29. The lowest BCUT2D eigenvalue weighted by Gasteiger charge is -2.27. The first-order valence-corrected chi connectivity index (χ1v) is 6.09. The van der Waals surface area contributed by atoms with E-state index < -0.39 is 5.60 Å². The highest BCUT2D eigenvalue weighted by atomic mass is 35.5. The van der Waals surface area contributed by atoms with Crippen LogP contribution in [-0.4, -0.2) is 21.9 Å².